The number of hydrogen-bond acceptors (Lipinski definition) is 5. The van der Waals surface area contributed by atoms with Crippen molar-refractivity contribution in [3.8, 4) is 10.7 Å². The van der Waals surface area contributed by atoms with Crippen LogP contribution in [0.25, 0.3) is 10.7 Å². The fraction of sp³-hybridized carbons (Fsp3) is 0.444. The van der Waals surface area contributed by atoms with Gasteiger partial charge in [-0.1, -0.05) is 0 Å². The molecule has 2 aromatic heterocycles. The van der Waals surface area contributed by atoms with Crippen LogP contribution >= 0.6 is 11.3 Å². The highest BCUT2D eigenvalue weighted by molar-refractivity contribution is 7.13. The van der Waals surface area contributed by atoms with Gasteiger partial charge in [-0.3, -0.25) is 0 Å². The van der Waals surface area contributed by atoms with Crippen molar-refractivity contribution in [2.75, 3.05) is 6.54 Å². The Morgan fingerprint density at radius 1 is 1.47 bits per heavy atom. The highest BCUT2D eigenvalue weighted by atomic mass is 32.1. The van der Waals surface area contributed by atoms with Crippen LogP contribution in [-0.2, 0) is 0 Å². The predicted molar refractivity (Wildman–Crippen MR) is 57.5 cm³/mol. The Morgan fingerprint density at radius 3 is 3.20 bits per heavy atom. The molecular weight excluding hydrogens is 210 g/mol. The second-order valence-corrected chi connectivity index (χ2v) is 4.44. The van der Waals surface area contributed by atoms with E-state index < -0.39 is 0 Å². The zero-order chi connectivity index (χ0) is 10.1. The van der Waals surface area contributed by atoms with E-state index in [4.69, 9.17) is 0 Å². The molecular formula is C9H11N5S. The molecule has 2 aromatic rings. The van der Waals surface area contributed by atoms with Crippen LogP contribution in [0, 0.1) is 0 Å². The Morgan fingerprint density at radius 2 is 2.47 bits per heavy atom. The van der Waals surface area contributed by atoms with E-state index >= 15 is 0 Å². The van der Waals surface area contributed by atoms with Crippen LogP contribution in [0.1, 0.15) is 24.6 Å². The zero-order valence-corrected chi connectivity index (χ0v) is 8.92. The maximum atomic E-state index is 4.57. The fourth-order valence-electron chi connectivity index (χ4n) is 1.81. The molecule has 0 bridgehead atoms. The lowest BCUT2D eigenvalue weighted by molar-refractivity contribution is 0.632. The van der Waals surface area contributed by atoms with Gasteiger partial charge in [0.2, 0.25) is 0 Å². The van der Waals surface area contributed by atoms with Crippen molar-refractivity contribution >= 4 is 11.3 Å². The van der Waals surface area contributed by atoms with Crippen LogP contribution < -0.4 is 5.32 Å². The average molecular weight is 221 g/mol. The van der Waals surface area contributed by atoms with E-state index in [0.29, 0.717) is 6.04 Å². The number of rotatable bonds is 2. The van der Waals surface area contributed by atoms with Gasteiger partial charge in [-0.25, -0.2) is 4.98 Å². The fourth-order valence-corrected chi connectivity index (χ4v) is 2.63. The van der Waals surface area contributed by atoms with Gasteiger partial charge in [0.05, 0.1) is 17.9 Å². The lowest BCUT2D eigenvalue weighted by Crippen LogP contribution is -2.12. The summed E-state index contributed by atoms with van der Waals surface area (Å²) < 4.78 is 0. The first-order valence-corrected chi connectivity index (χ1v) is 5.86. The first-order valence-electron chi connectivity index (χ1n) is 4.98. The van der Waals surface area contributed by atoms with E-state index in [1.165, 1.54) is 12.8 Å². The standard InChI is InChI=1S/C9H11N5S/c1-2-6(10-3-1)8-5-15-9(12-8)7-4-11-14-13-7/h4-6,10H,1-3H2,(H,11,13,14). The normalized spacial score (nSPS) is 20.9. The Labute approximate surface area is 90.9 Å². The number of H-pyrrole nitrogens is 1. The van der Waals surface area contributed by atoms with Crippen molar-refractivity contribution in [3.05, 3.63) is 17.3 Å². The average Bonchev–Trinajstić information content (AvgIpc) is 3.02. The number of aromatic amines is 1. The summed E-state index contributed by atoms with van der Waals surface area (Å²) in [7, 11) is 0. The van der Waals surface area contributed by atoms with Crippen molar-refractivity contribution < 1.29 is 0 Å². The van der Waals surface area contributed by atoms with E-state index in [1.54, 1.807) is 17.5 Å². The molecule has 3 heterocycles. The summed E-state index contributed by atoms with van der Waals surface area (Å²) >= 11 is 1.62. The summed E-state index contributed by atoms with van der Waals surface area (Å²) in [6, 6.07) is 0.432. The summed E-state index contributed by atoms with van der Waals surface area (Å²) in [6.07, 6.45) is 4.12. The van der Waals surface area contributed by atoms with Gasteiger partial charge in [-0.2, -0.15) is 15.4 Å². The third kappa shape index (κ3) is 1.66. The molecule has 1 atom stereocenters. The van der Waals surface area contributed by atoms with Gasteiger partial charge in [0, 0.05) is 5.38 Å². The Balaban J connectivity index is 1.87. The molecule has 1 unspecified atom stereocenters. The summed E-state index contributed by atoms with van der Waals surface area (Å²) in [4.78, 5) is 4.57. The first-order chi connectivity index (χ1) is 7.43. The van der Waals surface area contributed by atoms with E-state index in [2.05, 4.69) is 31.1 Å². The van der Waals surface area contributed by atoms with Crippen molar-refractivity contribution in [2.45, 2.75) is 18.9 Å². The third-order valence-corrected chi connectivity index (χ3v) is 3.46. The first kappa shape index (κ1) is 8.99. The smallest absolute Gasteiger partial charge is 0.145 e. The Kier molecular flexibility index (Phi) is 2.22. The lowest BCUT2D eigenvalue weighted by atomic mass is 10.2. The van der Waals surface area contributed by atoms with Crippen LogP contribution in [0.3, 0.4) is 0 Å². The maximum Gasteiger partial charge on any atom is 0.145 e. The van der Waals surface area contributed by atoms with Gasteiger partial charge in [-0.05, 0) is 19.4 Å². The van der Waals surface area contributed by atoms with Crippen molar-refractivity contribution in [3.63, 3.8) is 0 Å². The molecule has 0 aliphatic carbocycles. The van der Waals surface area contributed by atoms with Gasteiger partial charge >= 0.3 is 0 Å². The monoisotopic (exact) mass is 221 g/mol. The Hall–Kier alpha value is -1.27. The summed E-state index contributed by atoms with van der Waals surface area (Å²) in [5, 5.41) is 16.9. The molecule has 78 valence electrons. The van der Waals surface area contributed by atoms with Crippen LogP contribution in [0.2, 0.25) is 0 Å². The minimum Gasteiger partial charge on any atom is -0.309 e. The predicted octanol–water partition coefficient (Wildman–Crippen LogP) is 1.35. The van der Waals surface area contributed by atoms with Crippen LogP contribution in [-0.4, -0.2) is 26.9 Å². The molecule has 0 radical (unpaired) electrons. The van der Waals surface area contributed by atoms with Gasteiger partial charge in [0.15, 0.2) is 0 Å². The molecule has 0 aromatic carbocycles. The molecule has 1 saturated heterocycles. The highest BCUT2D eigenvalue weighted by Gasteiger charge is 2.19. The zero-order valence-electron chi connectivity index (χ0n) is 8.10. The number of thiazole rings is 1. The molecule has 0 spiro atoms. The second kappa shape index (κ2) is 3.71. The summed E-state index contributed by atoms with van der Waals surface area (Å²) in [5.41, 5.74) is 1.96. The molecule has 0 amide bonds. The van der Waals surface area contributed by atoms with Crippen LogP contribution in [0.15, 0.2) is 11.6 Å². The van der Waals surface area contributed by atoms with Crippen molar-refractivity contribution in [1.82, 2.24) is 25.7 Å². The van der Waals surface area contributed by atoms with Gasteiger partial charge < -0.3 is 5.32 Å². The molecule has 1 aliphatic rings. The van der Waals surface area contributed by atoms with Crippen molar-refractivity contribution in [2.24, 2.45) is 0 Å². The van der Waals surface area contributed by atoms with Crippen molar-refractivity contribution in [1.29, 1.82) is 0 Å². The number of nitrogens with one attached hydrogen (secondary N) is 2. The highest BCUT2D eigenvalue weighted by Crippen LogP contribution is 2.28. The molecule has 1 fully saturated rings. The molecule has 0 saturated carbocycles. The molecule has 3 rings (SSSR count). The number of aromatic nitrogens is 4. The van der Waals surface area contributed by atoms with E-state index in [0.717, 1.165) is 22.9 Å². The number of nitrogens with zero attached hydrogens (tertiary/aromatic N) is 3. The minimum absolute atomic E-state index is 0.432. The van der Waals surface area contributed by atoms with Crippen LogP contribution in [0.5, 0.6) is 0 Å². The van der Waals surface area contributed by atoms with Crippen LogP contribution in [0.4, 0.5) is 0 Å². The Bertz CT molecular complexity index is 429. The van der Waals surface area contributed by atoms with Gasteiger partial charge in [-0.15, -0.1) is 11.3 Å². The second-order valence-electron chi connectivity index (χ2n) is 3.58. The lowest BCUT2D eigenvalue weighted by Gasteiger charge is -2.04. The van der Waals surface area contributed by atoms with Gasteiger partial charge in [0.1, 0.15) is 10.7 Å². The topological polar surface area (TPSA) is 66.5 Å². The third-order valence-electron chi connectivity index (χ3n) is 2.57. The quantitative estimate of drug-likeness (QED) is 0.803. The van der Waals surface area contributed by atoms with Gasteiger partial charge in [0.25, 0.3) is 0 Å². The molecule has 5 nitrogen and oxygen atoms in total. The molecule has 1 aliphatic heterocycles. The van der Waals surface area contributed by atoms with E-state index in [1.807, 2.05) is 0 Å². The SMILES string of the molecule is c1n[nH]nc1-c1nc(C2CCCN2)cs1. The summed E-state index contributed by atoms with van der Waals surface area (Å²) in [6.45, 7) is 1.10. The van der Waals surface area contributed by atoms with E-state index in [-0.39, 0.29) is 0 Å². The molecule has 2 N–H and O–H groups in total. The minimum atomic E-state index is 0.432. The number of hydrogen-bond donors (Lipinski definition) is 2. The maximum absolute atomic E-state index is 4.57. The molecule has 15 heavy (non-hydrogen) atoms. The molecule has 6 heteroatoms. The van der Waals surface area contributed by atoms with E-state index in [9.17, 15) is 0 Å². The largest absolute Gasteiger partial charge is 0.309 e. The summed E-state index contributed by atoms with van der Waals surface area (Å²) in [5.74, 6) is 0.